The summed E-state index contributed by atoms with van der Waals surface area (Å²) >= 11 is 0. The van der Waals surface area contributed by atoms with Gasteiger partial charge >= 0.3 is 0 Å². The lowest BCUT2D eigenvalue weighted by atomic mass is 9.97. The van der Waals surface area contributed by atoms with E-state index in [4.69, 9.17) is 0 Å². The Morgan fingerprint density at radius 2 is 2.12 bits per heavy atom. The lowest BCUT2D eigenvalue weighted by Gasteiger charge is -2.07. The van der Waals surface area contributed by atoms with Crippen LogP contribution in [-0.2, 0) is 0 Å². The molecular weight excluding hydrogens is 198 g/mol. The van der Waals surface area contributed by atoms with Gasteiger partial charge in [0.1, 0.15) is 0 Å². The van der Waals surface area contributed by atoms with E-state index in [-0.39, 0.29) is 5.78 Å². The van der Waals surface area contributed by atoms with E-state index in [9.17, 15) is 4.79 Å². The maximum absolute atomic E-state index is 12.0. The van der Waals surface area contributed by atoms with Crippen molar-refractivity contribution in [3.8, 4) is 0 Å². The zero-order valence-corrected chi connectivity index (χ0v) is 9.60. The smallest absolute Gasteiger partial charge is 0.163 e. The Balaban J connectivity index is 2.48. The minimum atomic E-state index is 0.215. The number of ketones is 1. The molecule has 0 spiro atoms. The van der Waals surface area contributed by atoms with Gasteiger partial charge in [0.2, 0.25) is 0 Å². The molecule has 0 N–H and O–H groups in total. The van der Waals surface area contributed by atoms with Crippen LogP contribution in [0.1, 0.15) is 30.6 Å². The number of carbonyl (C=O) groups excluding carboxylic acids is 1. The van der Waals surface area contributed by atoms with Crippen molar-refractivity contribution in [3.05, 3.63) is 42.2 Å². The number of hydrogen-bond acceptors (Lipinski definition) is 2. The molecule has 0 atom stereocenters. The number of rotatable bonds is 3. The molecule has 0 radical (unpaired) electrons. The number of Topliss-reactive ketones (excluding diaryl/α,β-unsaturated/α-hetero) is 1. The van der Waals surface area contributed by atoms with Crippen LogP contribution in [0.2, 0.25) is 0 Å². The van der Waals surface area contributed by atoms with E-state index in [1.807, 2.05) is 24.3 Å². The van der Waals surface area contributed by atoms with Crippen molar-refractivity contribution in [1.29, 1.82) is 0 Å². The van der Waals surface area contributed by atoms with Crippen molar-refractivity contribution in [2.24, 2.45) is 5.92 Å². The maximum atomic E-state index is 12.0. The molecule has 16 heavy (non-hydrogen) atoms. The second kappa shape index (κ2) is 4.44. The second-order valence-corrected chi connectivity index (χ2v) is 4.42. The van der Waals surface area contributed by atoms with Crippen molar-refractivity contribution in [2.75, 3.05) is 0 Å². The number of aromatic nitrogens is 1. The van der Waals surface area contributed by atoms with Gasteiger partial charge in [-0.2, -0.15) is 0 Å². The van der Waals surface area contributed by atoms with Gasteiger partial charge in [-0.25, -0.2) is 0 Å². The number of nitrogens with zero attached hydrogens (tertiary/aromatic N) is 1. The average Bonchev–Trinajstić information content (AvgIpc) is 2.27. The summed E-state index contributed by atoms with van der Waals surface area (Å²) in [6.45, 7) is 4.12. The molecular formula is C14H15NO. The standard InChI is InChI=1S/C14H15NO/c1-10(2)8-14(16)13-5-3-4-11-9-15-7-6-12(11)13/h3-7,9-10H,8H2,1-2H3. The molecule has 2 heteroatoms. The largest absolute Gasteiger partial charge is 0.294 e. The Labute approximate surface area is 95.3 Å². The molecule has 0 fully saturated rings. The number of fused-ring (bicyclic) bond motifs is 1. The van der Waals surface area contributed by atoms with Gasteiger partial charge in [0.25, 0.3) is 0 Å². The molecule has 2 rings (SSSR count). The monoisotopic (exact) mass is 213 g/mol. The van der Waals surface area contributed by atoms with Gasteiger partial charge in [-0.1, -0.05) is 32.0 Å². The van der Waals surface area contributed by atoms with E-state index >= 15 is 0 Å². The maximum Gasteiger partial charge on any atom is 0.163 e. The normalized spacial score (nSPS) is 10.9. The molecule has 1 aromatic carbocycles. The topological polar surface area (TPSA) is 30.0 Å². The number of pyridine rings is 1. The van der Waals surface area contributed by atoms with E-state index in [0.717, 1.165) is 16.3 Å². The minimum Gasteiger partial charge on any atom is -0.294 e. The van der Waals surface area contributed by atoms with Crippen LogP contribution in [-0.4, -0.2) is 10.8 Å². The molecule has 0 aliphatic heterocycles. The molecule has 82 valence electrons. The average molecular weight is 213 g/mol. The van der Waals surface area contributed by atoms with E-state index in [1.54, 1.807) is 12.4 Å². The SMILES string of the molecule is CC(C)CC(=O)c1cccc2cnccc12. The van der Waals surface area contributed by atoms with Gasteiger partial charge in [-0.15, -0.1) is 0 Å². The van der Waals surface area contributed by atoms with Gasteiger partial charge in [-0.05, 0) is 17.4 Å². The zero-order valence-electron chi connectivity index (χ0n) is 9.60. The van der Waals surface area contributed by atoms with Crippen LogP contribution in [0.4, 0.5) is 0 Å². The van der Waals surface area contributed by atoms with Crippen molar-refractivity contribution < 1.29 is 4.79 Å². The van der Waals surface area contributed by atoms with Crippen molar-refractivity contribution in [2.45, 2.75) is 20.3 Å². The summed E-state index contributed by atoms with van der Waals surface area (Å²) in [5, 5.41) is 2.03. The summed E-state index contributed by atoms with van der Waals surface area (Å²) in [6.07, 6.45) is 4.12. The lowest BCUT2D eigenvalue weighted by molar-refractivity contribution is 0.0969. The van der Waals surface area contributed by atoms with Crippen LogP contribution in [0.25, 0.3) is 10.8 Å². The van der Waals surface area contributed by atoms with Crippen LogP contribution in [0.3, 0.4) is 0 Å². The molecule has 2 nitrogen and oxygen atoms in total. The Kier molecular flexibility index (Phi) is 3.00. The van der Waals surface area contributed by atoms with E-state index < -0.39 is 0 Å². The number of carbonyl (C=O) groups is 1. The van der Waals surface area contributed by atoms with Crippen LogP contribution < -0.4 is 0 Å². The van der Waals surface area contributed by atoms with Crippen LogP contribution in [0, 0.1) is 5.92 Å². The third kappa shape index (κ3) is 2.11. The predicted molar refractivity (Wildman–Crippen MR) is 65.5 cm³/mol. The molecule has 0 saturated heterocycles. The van der Waals surface area contributed by atoms with Gasteiger partial charge in [0.15, 0.2) is 5.78 Å². The van der Waals surface area contributed by atoms with Gasteiger partial charge in [0, 0.05) is 29.8 Å². The van der Waals surface area contributed by atoms with Gasteiger partial charge in [-0.3, -0.25) is 9.78 Å². The molecule has 0 unspecified atom stereocenters. The van der Waals surface area contributed by atoms with Crippen LogP contribution in [0.5, 0.6) is 0 Å². The fourth-order valence-corrected chi connectivity index (χ4v) is 1.85. The van der Waals surface area contributed by atoms with Crippen molar-refractivity contribution in [1.82, 2.24) is 4.98 Å². The fraction of sp³-hybridized carbons (Fsp3) is 0.286. The summed E-state index contributed by atoms with van der Waals surface area (Å²) in [6, 6.07) is 7.70. The predicted octanol–water partition coefficient (Wildman–Crippen LogP) is 3.46. The summed E-state index contributed by atoms with van der Waals surface area (Å²) in [4.78, 5) is 16.1. The van der Waals surface area contributed by atoms with E-state index in [1.165, 1.54) is 0 Å². The fourth-order valence-electron chi connectivity index (χ4n) is 1.85. The molecule has 0 amide bonds. The van der Waals surface area contributed by atoms with Crippen LogP contribution >= 0.6 is 0 Å². The summed E-state index contributed by atoms with van der Waals surface area (Å²) in [5.74, 6) is 0.608. The Morgan fingerprint density at radius 3 is 2.88 bits per heavy atom. The van der Waals surface area contributed by atoms with E-state index in [0.29, 0.717) is 12.3 Å². The molecule has 0 saturated carbocycles. The molecule has 0 aliphatic carbocycles. The Morgan fingerprint density at radius 1 is 1.31 bits per heavy atom. The first-order valence-corrected chi connectivity index (χ1v) is 5.54. The first-order valence-electron chi connectivity index (χ1n) is 5.54. The molecule has 0 bridgehead atoms. The second-order valence-electron chi connectivity index (χ2n) is 4.42. The highest BCUT2D eigenvalue weighted by Crippen LogP contribution is 2.20. The third-order valence-corrected chi connectivity index (χ3v) is 2.57. The highest BCUT2D eigenvalue weighted by atomic mass is 16.1. The minimum absolute atomic E-state index is 0.215. The van der Waals surface area contributed by atoms with Gasteiger partial charge < -0.3 is 0 Å². The zero-order chi connectivity index (χ0) is 11.5. The number of benzene rings is 1. The number of hydrogen-bond donors (Lipinski definition) is 0. The third-order valence-electron chi connectivity index (χ3n) is 2.57. The first kappa shape index (κ1) is 10.8. The Hall–Kier alpha value is -1.70. The van der Waals surface area contributed by atoms with E-state index in [2.05, 4.69) is 18.8 Å². The summed E-state index contributed by atoms with van der Waals surface area (Å²) in [5.41, 5.74) is 0.814. The van der Waals surface area contributed by atoms with Gasteiger partial charge in [0.05, 0.1) is 0 Å². The highest BCUT2D eigenvalue weighted by Gasteiger charge is 2.11. The lowest BCUT2D eigenvalue weighted by Crippen LogP contribution is -2.04. The molecule has 2 aromatic rings. The van der Waals surface area contributed by atoms with Crippen molar-refractivity contribution in [3.63, 3.8) is 0 Å². The summed E-state index contributed by atoms with van der Waals surface area (Å²) < 4.78 is 0. The Bertz CT molecular complexity index is 512. The van der Waals surface area contributed by atoms with Crippen LogP contribution in [0.15, 0.2) is 36.7 Å². The molecule has 1 aromatic heterocycles. The van der Waals surface area contributed by atoms with Crippen molar-refractivity contribution >= 4 is 16.6 Å². The quantitative estimate of drug-likeness (QED) is 0.731. The molecule has 1 heterocycles. The summed E-state index contributed by atoms with van der Waals surface area (Å²) in [7, 11) is 0. The first-order chi connectivity index (χ1) is 7.68. The highest BCUT2D eigenvalue weighted by molar-refractivity contribution is 6.07. The molecule has 0 aliphatic rings.